The molecule has 0 saturated carbocycles. The second-order valence-electron chi connectivity index (χ2n) is 6.58. The highest BCUT2D eigenvalue weighted by Gasteiger charge is 2.23. The van der Waals surface area contributed by atoms with Gasteiger partial charge in [-0.1, -0.05) is 19.9 Å². The predicted molar refractivity (Wildman–Crippen MR) is 99.2 cm³/mol. The summed E-state index contributed by atoms with van der Waals surface area (Å²) in [7, 11) is 0. The summed E-state index contributed by atoms with van der Waals surface area (Å²) < 4.78 is 5.71. The van der Waals surface area contributed by atoms with Gasteiger partial charge in [-0.2, -0.15) is 0 Å². The molecule has 0 atom stereocenters. The molecule has 0 fully saturated rings. The molecule has 0 bridgehead atoms. The number of hydrogen-bond acceptors (Lipinski definition) is 4. The molecular formula is C21H23NO4. The van der Waals surface area contributed by atoms with Crippen LogP contribution in [0, 0.1) is 12.8 Å². The van der Waals surface area contributed by atoms with E-state index in [0.29, 0.717) is 36.3 Å². The van der Waals surface area contributed by atoms with Crippen LogP contribution in [0.4, 0.5) is 0 Å². The first-order chi connectivity index (χ1) is 12.5. The number of amides is 1. The molecular weight excluding hydrogens is 330 g/mol. The second-order valence-corrected chi connectivity index (χ2v) is 6.58. The van der Waals surface area contributed by atoms with Crippen molar-refractivity contribution in [3.63, 3.8) is 0 Å². The van der Waals surface area contributed by atoms with Crippen molar-refractivity contribution in [3.8, 4) is 22.6 Å². The zero-order valence-electron chi connectivity index (χ0n) is 15.3. The van der Waals surface area contributed by atoms with E-state index < -0.39 is 0 Å². The van der Waals surface area contributed by atoms with Gasteiger partial charge in [0.05, 0.1) is 5.92 Å². The second kappa shape index (κ2) is 7.20. The maximum Gasteiger partial charge on any atom is 0.314 e. The molecule has 2 aromatic carbocycles. The van der Waals surface area contributed by atoms with Crippen LogP contribution in [0.5, 0.6) is 11.5 Å². The van der Waals surface area contributed by atoms with Crippen LogP contribution in [-0.4, -0.2) is 17.0 Å². The van der Waals surface area contributed by atoms with E-state index in [0.717, 1.165) is 16.7 Å². The summed E-state index contributed by atoms with van der Waals surface area (Å²) in [6.07, 6.45) is 1.41. The number of esters is 1. The third kappa shape index (κ3) is 3.17. The van der Waals surface area contributed by atoms with Gasteiger partial charge >= 0.3 is 5.97 Å². The number of fused-ring (bicyclic) bond motifs is 1. The molecule has 0 radical (unpaired) electrons. The Labute approximate surface area is 153 Å². The van der Waals surface area contributed by atoms with Crippen LogP contribution in [0.15, 0.2) is 30.3 Å². The fourth-order valence-electron chi connectivity index (χ4n) is 3.25. The van der Waals surface area contributed by atoms with Crippen molar-refractivity contribution in [3.05, 3.63) is 47.0 Å². The molecule has 1 heterocycles. The summed E-state index contributed by atoms with van der Waals surface area (Å²) in [5.41, 5.74) is 3.67. The molecule has 3 rings (SSSR count). The van der Waals surface area contributed by atoms with Gasteiger partial charge in [0, 0.05) is 23.2 Å². The largest absolute Gasteiger partial charge is 0.508 e. The Morgan fingerprint density at radius 1 is 1.19 bits per heavy atom. The minimum absolute atomic E-state index is 0.0752. The highest BCUT2D eigenvalue weighted by atomic mass is 16.5. The lowest BCUT2D eigenvalue weighted by Gasteiger charge is -2.17. The number of hydrogen-bond donors (Lipinski definition) is 2. The Morgan fingerprint density at radius 2 is 1.88 bits per heavy atom. The van der Waals surface area contributed by atoms with Crippen molar-refractivity contribution in [2.24, 2.45) is 5.92 Å². The van der Waals surface area contributed by atoms with Gasteiger partial charge in [-0.3, -0.25) is 9.59 Å². The van der Waals surface area contributed by atoms with E-state index in [2.05, 4.69) is 5.32 Å². The lowest BCUT2D eigenvalue weighted by molar-refractivity contribution is -0.139. The Hall–Kier alpha value is -2.82. The molecule has 26 heavy (non-hydrogen) atoms. The number of phenols is 1. The van der Waals surface area contributed by atoms with Crippen LogP contribution in [-0.2, 0) is 11.3 Å². The average Bonchev–Trinajstić information content (AvgIpc) is 3.00. The van der Waals surface area contributed by atoms with Gasteiger partial charge in [0.1, 0.15) is 11.5 Å². The van der Waals surface area contributed by atoms with E-state index in [1.54, 1.807) is 25.1 Å². The summed E-state index contributed by atoms with van der Waals surface area (Å²) in [6, 6.07) is 8.87. The van der Waals surface area contributed by atoms with E-state index in [4.69, 9.17) is 4.74 Å². The van der Waals surface area contributed by atoms with Crippen molar-refractivity contribution >= 4 is 11.9 Å². The molecule has 2 aromatic rings. The number of ether oxygens (including phenoxy) is 1. The van der Waals surface area contributed by atoms with Crippen molar-refractivity contribution < 1.29 is 19.4 Å². The maximum absolute atomic E-state index is 12.5. The first-order valence-electron chi connectivity index (χ1n) is 8.92. The zero-order chi connectivity index (χ0) is 18.8. The Kier molecular flexibility index (Phi) is 4.98. The van der Waals surface area contributed by atoms with Crippen LogP contribution >= 0.6 is 0 Å². The molecule has 1 aliphatic heterocycles. The minimum Gasteiger partial charge on any atom is -0.508 e. The highest BCUT2D eigenvalue weighted by Crippen LogP contribution is 2.39. The number of benzene rings is 2. The zero-order valence-corrected chi connectivity index (χ0v) is 15.3. The number of carbonyl (C=O) groups excluding carboxylic acids is 2. The normalized spacial score (nSPS) is 12.8. The van der Waals surface area contributed by atoms with Crippen molar-refractivity contribution in [1.82, 2.24) is 5.32 Å². The number of nitrogens with one attached hydrogen (secondary N) is 1. The maximum atomic E-state index is 12.5. The average molecular weight is 353 g/mol. The van der Waals surface area contributed by atoms with Crippen LogP contribution in [0.3, 0.4) is 0 Å². The van der Waals surface area contributed by atoms with E-state index in [1.165, 1.54) is 0 Å². The molecule has 0 aromatic heterocycles. The van der Waals surface area contributed by atoms with Crippen molar-refractivity contribution in [1.29, 1.82) is 0 Å². The number of aromatic hydroxyl groups is 1. The topological polar surface area (TPSA) is 75.6 Å². The van der Waals surface area contributed by atoms with E-state index >= 15 is 0 Å². The highest BCUT2D eigenvalue weighted by molar-refractivity contribution is 5.99. The molecule has 0 unspecified atom stereocenters. The SMILES string of the molecule is CCC(CC)C(=O)Oc1c(-c2ccc3c(c2)CNC3=O)ccc(O)c1C. The summed E-state index contributed by atoms with van der Waals surface area (Å²) in [6.45, 7) is 6.13. The predicted octanol–water partition coefficient (Wildman–Crippen LogP) is 3.95. The van der Waals surface area contributed by atoms with Crippen LogP contribution in [0.25, 0.3) is 11.1 Å². The molecule has 1 amide bonds. The smallest absolute Gasteiger partial charge is 0.314 e. The van der Waals surface area contributed by atoms with Gasteiger partial charge in [0.15, 0.2) is 0 Å². The van der Waals surface area contributed by atoms with Gasteiger partial charge in [-0.15, -0.1) is 0 Å². The van der Waals surface area contributed by atoms with Crippen LogP contribution < -0.4 is 10.1 Å². The molecule has 5 nitrogen and oxygen atoms in total. The third-order valence-corrected chi connectivity index (χ3v) is 5.00. The Morgan fingerprint density at radius 3 is 2.58 bits per heavy atom. The first-order valence-corrected chi connectivity index (χ1v) is 8.92. The standard InChI is InChI=1S/C21H23NO4/c1-4-13(5-2)21(25)26-19-12(3)18(23)9-8-16(19)14-6-7-17-15(10-14)11-22-20(17)24/h6-10,13,23H,4-5,11H2,1-3H3,(H,22,24). The van der Waals surface area contributed by atoms with Gasteiger partial charge in [-0.05, 0) is 55.2 Å². The Bertz CT molecular complexity index is 869. The van der Waals surface area contributed by atoms with Crippen LogP contribution in [0.2, 0.25) is 0 Å². The van der Waals surface area contributed by atoms with E-state index in [1.807, 2.05) is 26.0 Å². The summed E-state index contributed by atoms with van der Waals surface area (Å²) in [4.78, 5) is 24.2. The summed E-state index contributed by atoms with van der Waals surface area (Å²) in [5, 5.41) is 12.9. The molecule has 0 aliphatic carbocycles. The van der Waals surface area contributed by atoms with Crippen molar-refractivity contribution in [2.75, 3.05) is 0 Å². The fourth-order valence-corrected chi connectivity index (χ4v) is 3.25. The van der Waals surface area contributed by atoms with Crippen LogP contribution in [0.1, 0.15) is 48.2 Å². The molecule has 1 aliphatic rings. The van der Waals surface area contributed by atoms with E-state index in [9.17, 15) is 14.7 Å². The lowest BCUT2D eigenvalue weighted by Crippen LogP contribution is -2.20. The Balaban J connectivity index is 2.04. The lowest BCUT2D eigenvalue weighted by atomic mass is 9.97. The number of phenolic OH excluding ortho intramolecular Hbond substituents is 1. The van der Waals surface area contributed by atoms with Gasteiger partial charge < -0.3 is 15.2 Å². The summed E-state index contributed by atoms with van der Waals surface area (Å²) in [5.74, 6) is -0.0820. The van der Waals surface area contributed by atoms with E-state index in [-0.39, 0.29) is 23.5 Å². The van der Waals surface area contributed by atoms with Crippen molar-refractivity contribution in [2.45, 2.75) is 40.2 Å². The first kappa shape index (κ1) is 18.0. The number of carbonyl (C=O) groups is 2. The molecule has 0 spiro atoms. The van der Waals surface area contributed by atoms with Gasteiger partial charge in [-0.25, -0.2) is 0 Å². The monoisotopic (exact) mass is 353 g/mol. The van der Waals surface area contributed by atoms with Gasteiger partial charge in [0.2, 0.25) is 0 Å². The summed E-state index contributed by atoms with van der Waals surface area (Å²) >= 11 is 0. The fraction of sp³-hybridized carbons (Fsp3) is 0.333. The molecule has 0 saturated heterocycles. The minimum atomic E-state index is -0.289. The molecule has 2 N–H and O–H groups in total. The third-order valence-electron chi connectivity index (χ3n) is 5.00. The quantitative estimate of drug-likeness (QED) is 0.630. The molecule has 136 valence electrons. The van der Waals surface area contributed by atoms with Gasteiger partial charge in [0.25, 0.3) is 5.91 Å². The number of rotatable bonds is 5. The molecule has 5 heteroatoms.